The molecule has 2 rings (SSSR count). The van der Waals surface area contributed by atoms with Crippen LogP contribution in [-0.2, 0) is 0 Å². The quantitative estimate of drug-likeness (QED) is 0.792. The highest BCUT2D eigenvalue weighted by molar-refractivity contribution is 6.35. The zero-order valence-electron chi connectivity index (χ0n) is 12.0. The summed E-state index contributed by atoms with van der Waals surface area (Å²) in [5.74, 6) is 0.766. The molecular formula is C16H15ClO4. The molecule has 0 spiro atoms. The lowest BCUT2D eigenvalue weighted by Gasteiger charge is -2.16. The largest absolute Gasteiger partial charge is 0.493 e. The van der Waals surface area contributed by atoms with Crippen LogP contribution in [0.15, 0.2) is 36.4 Å². The summed E-state index contributed by atoms with van der Waals surface area (Å²) in [6, 6.07) is 10.4. The van der Waals surface area contributed by atoms with E-state index in [2.05, 4.69) is 0 Å². The van der Waals surface area contributed by atoms with Crippen LogP contribution >= 0.6 is 11.6 Å². The number of methoxy groups -OCH3 is 3. The highest BCUT2D eigenvalue weighted by atomic mass is 35.5. The number of ketones is 1. The molecule has 2 aromatic carbocycles. The first-order valence-electron chi connectivity index (χ1n) is 6.22. The van der Waals surface area contributed by atoms with E-state index in [9.17, 15) is 4.79 Å². The van der Waals surface area contributed by atoms with Gasteiger partial charge in [0.25, 0.3) is 0 Å². The van der Waals surface area contributed by atoms with E-state index in [4.69, 9.17) is 25.8 Å². The van der Waals surface area contributed by atoms with Crippen molar-refractivity contribution < 1.29 is 19.0 Å². The predicted octanol–water partition coefficient (Wildman–Crippen LogP) is 3.60. The fraction of sp³-hybridized carbons (Fsp3) is 0.188. The summed E-state index contributed by atoms with van der Waals surface area (Å²) >= 11 is 6.23. The Morgan fingerprint density at radius 3 is 2.10 bits per heavy atom. The van der Waals surface area contributed by atoms with Crippen molar-refractivity contribution in [1.29, 1.82) is 0 Å². The van der Waals surface area contributed by atoms with Crippen molar-refractivity contribution in [3.8, 4) is 17.2 Å². The standard InChI is InChI=1S/C16H15ClO4/c1-19-12-9-11(17)13(16(21-3)15(12)20-2)14(18)10-7-5-4-6-8-10/h4-9H,1-3H3. The van der Waals surface area contributed by atoms with E-state index in [-0.39, 0.29) is 22.1 Å². The first kappa shape index (κ1) is 15.2. The Bertz CT molecular complexity index is 653. The first-order valence-corrected chi connectivity index (χ1v) is 6.60. The zero-order chi connectivity index (χ0) is 15.4. The van der Waals surface area contributed by atoms with Crippen LogP contribution in [0.2, 0.25) is 5.02 Å². The third kappa shape index (κ3) is 2.81. The van der Waals surface area contributed by atoms with Crippen LogP contribution in [0.25, 0.3) is 0 Å². The number of hydrogen-bond acceptors (Lipinski definition) is 4. The van der Waals surface area contributed by atoms with Crippen LogP contribution in [0.1, 0.15) is 15.9 Å². The average Bonchev–Trinajstić information content (AvgIpc) is 2.53. The van der Waals surface area contributed by atoms with Gasteiger partial charge in [-0.3, -0.25) is 4.79 Å². The molecule has 0 radical (unpaired) electrons. The summed E-state index contributed by atoms with van der Waals surface area (Å²) in [5, 5.41) is 0.248. The highest BCUT2D eigenvalue weighted by Crippen LogP contribution is 2.44. The van der Waals surface area contributed by atoms with E-state index in [1.165, 1.54) is 21.3 Å². The van der Waals surface area contributed by atoms with Gasteiger partial charge in [-0.15, -0.1) is 0 Å². The minimum atomic E-state index is -0.238. The SMILES string of the molecule is COc1cc(Cl)c(C(=O)c2ccccc2)c(OC)c1OC. The normalized spacial score (nSPS) is 10.1. The molecule has 4 nitrogen and oxygen atoms in total. The Morgan fingerprint density at radius 1 is 0.952 bits per heavy atom. The van der Waals surface area contributed by atoms with Crippen molar-refractivity contribution in [3.63, 3.8) is 0 Å². The van der Waals surface area contributed by atoms with Crippen LogP contribution in [0.4, 0.5) is 0 Å². The minimum absolute atomic E-state index is 0.238. The summed E-state index contributed by atoms with van der Waals surface area (Å²) in [6.45, 7) is 0. The number of rotatable bonds is 5. The maximum Gasteiger partial charge on any atom is 0.204 e. The third-order valence-corrected chi connectivity index (χ3v) is 3.34. The maximum absolute atomic E-state index is 12.7. The summed E-state index contributed by atoms with van der Waals surface area (Å²) in [4.78, 5) is 12.7. The van der Waals surface area contributed by atoms with E-state index >= 15 is 0 Å². The van der Waals surface area contributed by atoms with Gasteiger partial charge in [0.15, 0.2) is 17.3 Å². The molecule has 0 saturated carbocycles. The number of carbonyl (C=O) groups excluding carboxylic acids is 1. The second kappa shape index (κ2) is 6.50. The Labute approximate surface area is 128 Å². The molecule has 0 aliphatic heterocycles. The van der Waals surface area contributed by atoms with Crippen molar-refractivity contribution in [2.75, 3.05) is 21.3 Å². The summed E-state index contributed by atoms with van der Waals surface area (Å²) in [7, 11) is 4.42. The summed E-state index contributed by atoms with van der Waals surface area (Å²) in [6.07, 6.45) is 0. The van der Waals surface area contributed by atoms with Crippen molar-refractivity contribution in [2.45, 2.75) is 0 Å². The molecule has 0 aromatic heterocycles. The number of carbonyl (C=O) groups is 1. The molecular weight excluding hydrogens is 292 g/mol. The van der Waals surface area contributed by atoms with Crippen LogP contribution in [0.5, 0.6) is 17.2 Å². The molecule has 0 aliphatic carbocycles. The smallest absolute Gasteiger partial charge is 0.204 e. The predicted molar refractivity (Wildman–Crippen MR) is 81.0 cm³/mol. The van der Waals surface area contributed by atoms with Gasteiger partial charge in [0, 0.05) is 11.6 Å². The van der Waals surface area contributed by atoms with Crippen molar-refractivity contribution in [1.82, 2.24) is 0 Å². The van der Waals surface area contributed by atoms with Crippen LogP contribution in [0.3, 0.4) is 0 Å². The number of halogens is 1. The topological polar surface area (TPSA) is 44.8 Å². The van der Waals surface area contributed by atoms with Gasteiger partial charge >= 0.3 is 0 Å². The van der Waals surface area contributed by atoms with Gasteiger partial charge in [0.05, 0.1) is 31.9 Å². The average molecular weight is 307 g/mol. The fourth-order valence-corrected chi connectivity index (χ4v) is 2.34. The van der Waals surface area contributed by atoms with Gasteiger partial charge in [0.1, 0.15) is 0 Å². The molecule has 5 heteroatoms. The van der Waals surface area contributed by atoms with Crippen LogP contribution in [0, 0.1) is 0 Å². The lowest BCUT2D eigenvalue weighted by molar-refractivity contribution is 0.103. The minimum Gasteiger partial charge on any atom is -0.493 e. The number of hydrogen-bond donors (Lipinski definition) is 0. The lowest BCUT2D eigenvalue weighted by Crippen LogP contribution is -2.07. The third-order valence-electron chi connectivity index (χ3n) is 3.04. The Kier molecular flexibility index (Phi) is 4.70. The van der Waals surface area contributed by atoms with Gasteiger partial charge in [-0.2, -0.15) is 0 Å². The summed E-state index contributed by atoms with van der Waals surface area (Å²) < 4.78 is 15.8. The monoisotopic (exact) mass is 306 g/mol. The molecule has 0 bridgehead atoms. The molecule has 0 N–H and O–H groups in total. The van der Waals surface area contributed by atoms with Crippen molar-refractivity contribution in [3.05, 3.63) is 52.5 Å². The van der Waals surface area contributed by atoms with Gasteiger partial charge < -0.3 is 14.2 Å². The first-order chi connectivity index (χ1) is 10.1. The molecule has 110 valence electrons. The molecule has 0 amide bonds. The lowest BCUT2D eigenvalue weighted by atomic mass is 10.0. The van der Waals surface area contributed by atoms with Crippen LogP contribution in [-0.4, -0.2) is 27.1 Å². The molecule has 0 heterocycles. The highest BCUT2D eigenvalue weighted by Gasteiger charge is 2.25. The molecule has 0 fully saturated rings. The second-order valence-corrected chi connectivity index (χ2v) is 4.60. The molecule has 0 aliphatic rings. The molecule has 0 atom stereocenters. The summed E-state index contributed by atoms with van der Waals surface area (Å²) in [5.41, 5.74) is 0.771. The zero-order valence-corrected chi connectivity index (χ0v) is 12.7. The van der Waals surface area contributed by atoms with Crippen molar-refractivity contribution >= 4 is 17.4 Å². The van der Waals surface area contributed by atoms with E-state index in [0.717, 1.165) is 0 Å². The van der Waals surface area contributed by atoms with E-state index in [1.54, 1.807) is 30.3 Å². The fourth-order valence-electron chi connectivity index (χ4n) is 2.07. The molecule has 0 unspecified atom stereocenters. The van der Waals surface area contributed by atoms with E-state index in [0.29, 0.717) is 17.1 Å². The Balaban J connectivity index is 2.66. The Hall–Kier alpha value is -2.20. The van der Waals surface area contributed by atoms with Gasteiger partial charge in [-0.1, -0.05) is 41.9 Å². The van der Waals surface area contributed by atoms with Gasteiger partial charge in [0.2, 0.25) is 5.75 Å². The van der Waals surface area contributed by atoms with Crippen molar-refractivity contribution in [2.24, 2.45) is 0 Å². The van der Waals surface area contributed by atoms with Gasteiger partial charge in [-0.25, -0.2) is 0 Å². The molecule has 21 heavy (non-hydrogen) atoms. The Morgan fingerprint density at radius 2 is 1.57 bits per heavy atom. The second-order valence-electron chi connectivity index (χ2n) is 4.20. The number of benzene rings is 2. The van der Waals surface area contributed by atoms with E-state index in [1.807, 2.05) is 6.07 Å². The van der Waals surface area contributed by atoms with Crippen LogP contribution < -0.4 is 14.2 Å². The molecule has 2 aromatic rings. The van der Waals surface area contributed by atoms with Gasteiger partial charge in [-0.05, 0) is 0 Å². The molecule has 0 saturated heterocycles. The maximum atomic E-state index is 12.7. The number of ether oxygens (including phenoxy) is 3. The van der Waals surface area contributed by atoms with E-state index < -0.39 is 0 Å².